The largest absolute Gasteiger partial charge is 0.494 e. The van der Waals surface area contributed by atoms with Gasteiger partial charge in [0.1, 0.15) is 16.4 Å². The van der Waals surface area contributed by atoms with Gasteiger partial charge in [0.2, 0.25) is 0 Å². The van der Waals surface area contributed by atoms with Crippen LogP contribution in [0.1, 0.15) is 32.5 Å². The molecule has 10 nitrogen and oxygen atoms in total. The Kier molecular flexibility index (Phi) is 9.83. The number of anilines is 2. The number of hydrazone groups is 1. The van der Waals surface area contributed by atoms with Crippen LogP contribution in [-0.2, 0) is 9.59 Å². The van der Waals surface area contributed by atoms with E-state index in [2.05, 4.69) is 21.2 Å². The van der Waals surface area contributed by atoms with Crippen LogP contribution in [0.25, 0.3) is 10.1 Å². The second kappa shape index (κ2) is 14.3. The fourth-order valence-electron chi connectivity index (χ4n) is 4.15. The number of hydrogen-bond acceptors (Lipinski definition) is 8. The average Bonchev–Trinajstić information content (AvgIpc) is 3.39. The lowest BCUT2D eigenvalue weighted by atomic mass is 10.1. The van der Waals surface area contributed by atoms with E-state index in [-0.39, 0.29) is 21.9 Å². The summed E-state index contributed by atoms with van der Waals surface area (Å²) in [5.41, 5.74) is 3.30. The molecule has 3 amide bonds. The Morgan fingerprint density at radius 3 is 2.33 bits per heavy atom. The number of carbonyl (C=O) groups is 4. The summed E-state index contributed by atoms with van der Waals surface area (Å²) in [6.45, 7) is 2.39. The second-order valence-electron chi connectivity index (χ2n) is 9.28. The molecule has 0 aliphatic heterocycles. The Labute approximate surface area is 266 Å². The van der Waals surface area contributed by atoms with Crippen molar-refractivity contribution in [3.8, 4) is 11.5 Å². The zero-order valence-corrected chi connectivity index (χ0v) is 25.3. The number of amides is 3. The average molecular weight is 641 g/mol. The second-order valence-corrected chi connectivity index (χ2v) is 10.7. The van der Waals surface area contributed by atoms with E-state index in [1.807, 2.05) is 31.2 Å². The maximum atomic E-state index is 12.9. The smallest absolute Gasteiger partial charge is 0.355 e. The molecule has 0 fully saturated rings. The first-order valence-corrected chi connectivity index (χ1v) is 14.8. The van der Waals surface area contributed by atoms with Gasteiger partial charge in [-0.25, -0.2) is 10.2 Å². The van der Waals surface area contributed by atoms with Crippen molar-refractivity contribution in [2.24, 2.45) is 5.10 Å². The van der Waals surface area contributed by atoms with Crippen molar-refractivity contribution in [3.63, 3.8) is 0 Å². The van der Waals surface area contributed by atoms with Crippen molar-refractivity contribution in [1.82, 2.24) is 5.43 Å². The Morgan fingerprint density at radius 1 is 0.844 bits per heavy atom. The first-order chi connectivity index (χ1) is 21.8. The van der Waals surface area contributed by atoms with Crippen molar-refractivity contribution in [2.45, 2.75) is 6.92 Å². The van der Waals surface area contributed by atoms with E-state index in [4.69, 9.17) is 21.1 Å². The summed E-state index contributed by atoms with van der Waals surface area (Å²) >= 11 is 7.63. The molecule has 1 aromatic heterocycles. The lowest BCUT2D eigenvalue weighted by molar-refractivity contribution is -0.136. The van der Waals surface area contributed by atoms with Gasteiger partial charge in [-0.05, 0) is 61.5 Å². The highest BCUT2D eigenvalue weighted by atomic mass is 35.5. The Balaban J connectivity index is 1.20. The van der Waals surface area contributed by atoms with Crippen molar-refractivity contribution < 1.29 is 28.7 Å². The maximum absolute atomic E-state index is 12.9. The summed E-state index contributed by atoms with van der Waals surface area (Å²) in [6, 6.07) is 27.0. The molecular formula is C33H25ClN4O6S. The van der Waals surface area contributed by atoms with Gasteiger partial charge in [0, 0.05) is 21.3 Å². The number of carbonyl (C=O) groups excluding carboxylic acids is 4. The number of benzene rings is 4. The van der Waals surface area contributed by atoms with Gasteiger partial charge in [-0.1, -0.05) is 54.1 Å². The van der Waals surface area contributed by atoms with Crippen LogP contribution >= 0.6 is 22.9 Å². The maximum Gasteiger partial charge on any atom is 0.355 e. The van der Waals surface area contributed by atoms with E-state index in [0.29, 0.717) is 28.6 Å². The summed E-state index contributed by atoms with van der Waals surface area (Å²) in [6.07, 6.45) is 1.23. The van der Waals surface area contributed by atoms with Gasteiger partial charge in [0.25, 0.3) is 5.91 Å². The van der Waals surface area contributed by atoms with Crippen LogP contribution in [0, 0.1) is 0 Å². The van der Waals surface area contributed by atoms with Crippen LogP contribution in [0.15, 0.2) is 102 Å². The first-order valence-electron chi connectivity index (χ1n) is 13.6. The number of para-hydroxylation sites is 2. The molecule has 0 atom stereocenters. The van der Waals surface area contributed by atoms with E-state index in [1.165, 1.54) is 29.7 Å². The van der Waals surface area contributed by atoms with E-state index < -0.39 is 23.7 Å². The van der Waals surface area contributed by atoms with Crippen LogP contribution in [-0.4, -0.2) is 36.5 Å². The van der Waals surface area contributed by atoms with E-state index in [1.54, 1.807) is 60.7 Å². The minimum atomic E-state index is -1.08. The fourth-order valence-corrected chi connectivity index (χ4v) is 5.54. The molecule has 45 heavy (non-hydrogen) atoms. The number of fused-ring (bicyclic) bond motifs is 1. The minimum absolute atomic E-state index is 0.127. The molecule has 0 unspecified atom stereocenters. The zero-order valence-electron chi connectivity index (χ0n) is 23.7. The standard InChI is InChI=1S/C33H25ClN4O6S/c1-2-43-22-17-15-21(16-18-22)36-30(39)23-10-4-6-12-25(23)37-31(40)32(41)38-35-19-20-9-3-7-13-26(20)44-33(42)29-28(34)24-11-5-8-14-27(24)45-29/h3-19H,2H2,1H3,(H,36,39)(H,37,40)(H,38,41)/b35-19-. The van der Waals surface area contributed by atoms with Crippen molar-refractivity contribution >= 4 is 74.3 Å². The van der Waals surface area contributed by atoms with Gasteiger partial charge in [-0.3, -0.25) is 14.4 Å². The van der Waals surface area contributed by atoms with E-state index in [0.717, 1.165) is 10.1 Å². The van der Waals surface area contributed by atoms with Crippen LogP contribution in [0.4, 0.5) is 11.4 Å². The normalized spacial score (nSPS) is 10.8. The van der Waals surface area contributed by atoms with Crippen LogP contribution in [0.5, 0.6) is 11.5 Å². The zero-order chi connectivity index (χ0) is 31.8. The van der Waals surface area contributed by atoms with Crippen molar-refractivity contribution in [2.75, 3.05) is 17.2 Å². The molecule has 0 saturated heterocycles. The Hall–Kier alpha value is -5.52. The van der Waals surface area contributed by atoms with Crippen LogP contribution in [0.3, 0.4) is 0 Å². The fraction of sp³-hybridized carbons (Fsp3) is 0.0606. The van der Waals surface area contributed by atoms with E-state index in [9.17, 15) is 19.2 Å². The lowest BCUT2D eigenvalue weighted by Gasteiger charge is -2.11. The molecule has 4 aromatic carbocycles. The van der Waals surface area contributed by atoms with Gasteiger partial charge in [-0.2, -0.15) is 5.10 Å². The highest BCUT2D eigenvalue weighted by Gasteiger charge is 2.20. The predicted molar refractivity (Wildman–Crippen MR) is 175 cm³/mol. The van der Waals surface area contributed by atoms with Gasteiger partial charge in [0.15, 0.2) is 0 Å². The summed E-state index contributed by atoms with van der Waals surface area (Å²) in [5.74, 6) is -2.43. The quantitative estimate of drug-likeness (QED) is 0.0552. The Bertz CT molecular complexity index is 1920. The first kappa shape index (κ1) is 30.9. The SMILES string of the molecule is CCOc1ccc(NC(=O)c2ccccc2NC(=O)C(=O)N/N=C\c2ccccc2OC(=O)c2sc3ccccc3c2Cl)cc1. The molecule has 0 radical (unpaired) electrons. The number of esters is 1. The molecule has 0 aliphatic carbocycles. The molecule has 0 saturated carbocycles. The Morgan fingerprint density at radius 2 is 1.56 bits per heavy atom. The molecule has 0 aliphatic rings. The lowest BCUT2D eigenvalue weighted by Crippen LogP contribution is -2.33. The van der Waals surface area contributed by atoms with Crippen molar-refractivity contribution in [3.05, 3.63) is 118 Å². The van der Waals surface area contributed by atoms with E-state index >= 15 is 0 Å². The highest BCUT2D eigenvalue weighted by molar-refractivity contribution is 7.21. The molecule has 0 bridgehead atoms. The summed E-state index contributed by atoms with van der Waals surface area (Å²) in [4.78, 5) is 51.3. The third-order valence-corrected chi connectivity index (χ3v) is 7.92. The number of ether oxygens (including phenoxy) is 2. The predicted octanol–water partition coefficient (Wildman–Crippen LogP) is 6.51. The van der Waals surface area contributed by atoms with Crippen LogP contribution < -0.4 is 25.5 Å². The molecule has 0 spiro atoms. The molecule has 5 aromatic rings. The topological polar surface area (TPSA) is 135 Å². The molecule has 5 rings (SSSR count). The summed E-state index contributed by atoms with van der Waals surface area (Å²) in [5, 5.41) is 10.1. The number of rotatable bonds is 9. The minimum Gasteiger partial charge on any atom is -0.494 e. The molecule has 226 valence electrons. The number of thiophene rings is 1. The summed E-state index contributed by atoms with van der Waals surface area (Å²) < 4.78 is 11.8. The van der Waals surface area contributed by atoms with Gasteiger partial charge < -0.3 is 20.1 Å². The molecule has 12 heteroatoms. The van der Waals surface area contributed by atoms with Gasteiger partial charge in [-0.15, -0.1) is 11.3 Å². The highest BCUT2D eigenvalue weighted by Crippen LogP contribution is 2.36. The van der Waals surface area contributed by atoms with Gasteiger partial charge in [0.05, 0.1) is 29.1 Å². The number of hydrogen-bond donors (Lipinski definition) is 3. The van der Waals surface area contributed by atoms with Gasteiger partial charge >= 0.3 is 17.8 Å². The number of halogens is 1. The van der Waals surface area contributed by atoms with Crippen molar-refractivity contribution in [1.29, 1.82) is 0 Å². The third kappa shape index (κ3) is 7.53. The monoisotopic (exact) mass is 640 g/mol. The molecule has 1 heterocycles. The molecule has 3 N–H and O–H groups in total. The number of nitrogens with one attached hydrogen (secondary N) is 3. The number of nitrogens with zero attached hydrogens (tertiary/aromatic N) is 1. The van der Waals surface area contributed by atoms with Crippen LogP contribution in [0.2, 0.25) is 5.02 Å². The third-order valence-electron chi connectivity index (χ3n) is 6.26. The summed E-state index contributed by atoms with van der Waals surface area (Å²) in [7, 11) is 0. The molecular weight excluding hydrogens is 616 g/mol.